The van der Waals surface area contributed by atoms with Crippen LogP contribution in [0.2, 0.25) is 0 Å². The number of ether oxygens (including phenoxy) is 2. The van der Waals surface area contributed by atoms with Gasteiger partial charge in [-0.1, -0.05) is 30.3 Å². The van der Waals surface area contributed by atoms with Gasteiger partial charge in [-0.3, -0.25) is 0 Å². The molecule has 0 radical (unpaired) electrons. The molecule has 7 heteroatoms. The smallest absolute Gasteiger partial charge is 0.232 e. The number of aromatic nitrogens is 3. The van der Waals surface area contributed by atoms with E-state index >= 15 is 0 Å². The lowest BCUT2D eigenvalue weighted by Gasteiger charge is -2.24. The average Bonchev–Trinajstić information content (AvgIpc) is 3.59. The minimum Gasteiger partial charge on any atom is -0.497 e. The summed E-state index contributed by atoms with van der Waals surface area (Å²) in [6, 6.07) is 18.3. The van der Waals surface area contributed by atoms with Gasteiger partial charge < -0.3 is 14.6 Å². The zero-order chi connectivity index (χ0) is 24.2. The first-order chi connectivity index (χ1) is 17.0. The number of nitrogens with zero attached hydrogens (tertiary/aromatic N) is 3. The van der Waals surface area contributed by atoms with E-state index in [-0.39, 0.29) is 5.41 Å². The van der Waals surface area contributed by atoms with Crippen LogP contribution < -0.4 is 9.47 Å². The van der Waals surface area contributed by atoms with Crippen molar-refractivity contribution in [2.75, 3.05) is 14.2 Å². The van der Waals surface area contributed by atoms with Gasteiger partial charge in [0.05, 0.1) is 47.8 Å². The fourth-order valence-corrected chi connectivity index (χ4v) is 5.95. The van der Waals surface area contributed by atoms with Gasteiger partial charge in [-0.15, -0.1) is 11.3 Å². The van der Waals surface area contributed by atoms with Crippen LogP contribution in [0.1, 0.15) is 35.6 Å². The van der Waals surface area contributed by atoms with Crippen molar-refractivity contribution in [1.82, 2.24) is 15.0 Å². The first kappa shape index (κ1) is 21.9. The van der Waals surface area contributed by atoms with Crippen LogP contribution in [0.4, 0.5) is 0 Å². The third-order valence-corrected chi connectivity index (χ3v) is 7.93. The zero-order valence-corrected chi connectivity index (χ0v) is 20.6. The number of hydrogen-bond donors (Lipinski definition) is 1. The Morgan fingerprint density at radius 1 is 0.971 bits per heavy atom. The Morgan fingerprint density at radius 2 is 1.77 bits per heavy atom. The Kier molecular flexibility index (Phi) is 5.20. The van der Waals surface area contributed by atoms with Gasteiger partial charge in [0.25, 0.3) is 0 Å². The molecule has 176 valence electrons. The number of benzene rings is 3. The average molecular weight is 484 g/mol. The second-order valence-electron chi connectivity index (χ2n) is 9.10. The summed E-state index contributed by atoms with van der Waals surface area (Å²) in [5, 5.41) is 12.5. The van der Waals surface area contributed by atoms with Crippen molar-refractivity contribution >= 4 is 32.6 Å². The molecule has 0 spiro atoms. The molecule has 5 aromatic rings. The lowest BCUT2D eigenvalue weighted by atomic mass is 9.85. The molecule has 2 heterocycles. The number of thiazole rings is 1. The van der Waals surface area contributed by atoms with E-state index in [9.17, 15) is 5.11 Å². The van der Waals surface area contributed by atoms with Crippen LogP contribution in [-0.2, 0) is 5.41 Å². The summed E-state index contributed by atoms with van der Waals surface area (Å²) < 4.78 is 11.8. The van der Waals surface area contributed by atoms with Crippen molar-refractivity contribution in [3.05, 3.63) is 77.5 Å². The molecule has 1 N–H and O–H groups in total. The molecule has 6 nitrogen and oxygen atoms in total. The van der Waals surface area contributed by atoms with Gasteiger partial charge in [0.15, 0.2) is 0 Å². The first-order valence-electron chi connectivity index (χ1n) is 11.6. The van der Waals surface area contributed by atoms with Crippen LogP contribution in [-0.4, -0.2) is 34.3 Å². The topological polar surface area (TPSA) is 77.4 Å². The van der Waals surface area contributed by atoms with E-state index in [0.29, 0.717) is 11.6 Å². The van der Waals surface area contributed by atoms with Gasteiger partial charge in [-0.2, -0.15) is 0 Å². The highest BCUT2D eigenvalue weighted by Gasteiger charge is 2.51. The lowest BCUT2D eigenvalue weighted by Crippen LogP contribution is -2.18. The van der Waals surface area contributed by atoms with Crippen molar-refractivity contribution < 1.29 is 14.6 Å². The van der Waals surface area contributed by atoms with Crippen molar-refractivity contribution in [3.8, 4) is 22.2 Å². The molecule has 1 atom stereocenters. The van der Waals surface area contributed by atoms with Crippen molar-refractivity contribution in [2.24, 2.45) is 0 Å². The minimum atomic E-state index is -0.684. The molecule has 1 aliphatic carbocycles. The molecule has 1 unspecified atom stereocenters. The molecule has 0 saturated heterocycles. The normalized spacial score (nSPS) is 15.3. The Labute approximate surface area is 207 Å². The molecule has 0 amide bonds. The predicted octanol–water partition coefficient (Wildman–Crippen LogP) is 6.00. The summed E-state index contributed by atoms with van der Waals surface area (Å²) in [5.41, 5.74) is 5.98. The molecular formula is C28H25N3O3S. The quantitative estimate of drug-likeness (QED) is 0.319. The molecule has 1 fully saturated rings. The van der Waals surface area contributed by atoms with E-state index in [4.69, 9.17) is 14.5 Å². The lowest BCUT2D eigenvalue weighted by molar-refractivity contribution is 0.134. The number of rotatable bonds is 6. The summed E-state index contributed by atoms with van der Waals surface area (Å²) in [4.78, 5) is 14.3. The van der Waals surface area contributed by atoms with Gasteiger partial charge in [0.2, 0.25) is 5.88 Å². The number of fused-ring (bicyclic) bond motifs is 2. The van der Waals surface area contributed by atoms with Crippen LogP contribution in [0.5, 0.6) is 11.6 Å². The largest absolute Gasteiger partial charge is 0.497 e. The fraction of sp³-hybridized carbons (Fsp3) is 0.250. The van der Waals surface area contributed by atoms with Crippen LogP contribution in [0.25, 0.3) is 31.8 Å². The summed E-state index contributed by atoms with van der Waals surface area (Å²) >= 11 is 1.57. The van der Waals surface area contributed by atoms with Crippen LogP contribution in [0.3, 0.4) is 0 Å². The van der Waals surface area contributed by atoms with Crippen LogP contribution in [0.15, 0.2) is 60.8 Å². The number of aliphatic hydroxyl groups is 1. The molecule has 2 aromatic heterocycles. The summed E-state index contributed by atoms with van der Waals surface area (Å²) in [5.74, 6) is 1.19. The summed E-state index contributed by atoms with van der Waals surface area (Å²) in [6.07, 6.45) is 2.82. The molecule has 35 heavy (non-hydrogen) atoms. The summed E-state index contributed by atoms with van der Waals surface area (Å²) in [6.45, 7) is 2.03. The van der Waals surface area contributed by atoms with Gasteiger partial charge in [-0.05, 0) is 55.2 Å². The molecule has 3 aromatic carbocycles. The van der Waals surface area contributed by atoms with E-state index in [1.54, 1.807) is 31.8 Å². The van der Waals surface area contributed by atoms with Gasteiger partial charge in [0, 0.05) is 16.5 Å². The number of aliphatic hydroxyl groups excluding tert-OH is 1. The third-order valence-electron chi connectivity index (χ3n) is 6.90. The van der Waals surface area contributed by atoms with Gasteiger partial charge in [0.1, 0.15) is 10.8 Å². The molecule has 0 aliphatic heterocycles. The van der Waals surface area contributed by atoms with Gasteiger partial charge in [-0.25, -0.2) is 15.0 Å². The van der Waals surface area contributed by atoms with Gasteiger partial charge >= 0.3 is 0 Å². The highest BCUT2D eigenvalue weighted by Crippen LogP contribution is 2.57. The monoisotopic (exact) mass is 483 g/mol. The molecule has 1 saturated carbocycles. The van der Waals surface area contributed by atoms with Crippen molar-refractivity contribution in [1.29, 1.82) is 0 Å². The maximum Gasteiger partial charge on any atom is 0.232 e. The van der Waals surface area contributed by atoms with E-state index < -0.39 is 6.10 Å². The first-order valence-corrected chi connectivity index (χ1v) is 12.4. The number of methoxy groups -OCH3 is 2. The molecule has 1 aliphatic rings. The Balaban J connectivity index is 1.53. The highest BCUT2D eigenvalue weighted by atomic mass is 32.1. The predicted molar refractivity (Wildman–Crippen MR) is 138 cm³/mol. The standard InChI is InChI=1S/C28H25N3O3S/c1-16-11-20(24-21(12-16)30-23(34-3)15-29-24)27-31-25-19(13-18(33-2)14-22(25)35-27)26(32)28(9-10-28)17-7-5-4-6-8-17/h4-8,11-15,26,32H,9-10H2,1-3H3. The second kappa shape index (κ2) is 8.29. The molecule has 0 bridgehead atoms. The number of hydrogen-bond acceptors (Lipinski definition) is 7. The third kappa shape index (κ3) is 3.63. The zero-order valence-electron chi connectivity index (χ0n) is 19.8. The Hall–Kier alpha value is -3.55. The minimum absolute atomic E-state index is 0.289. The second-order valence-corrected chi connectivity index (χ2v) is 10.1. The van der Waals surface area contributed by atoms with Crippen LogP contribution >= 0.6 is 11.3 Å². The van der Waals surface area contributed by atoms with E-state index in [1.165, 1.54) is 0 Å². The SMILES string of the molecule is COc1cc(C(O)C2(c3ccccc3)CC2)c2nc(-c3cc(C)cc4nc(OC)cnc34)sc2c1. The van der Waals surface area contributed by atoms with Crippen molar-refractivity contribution in [3.63, 3.8) is 0 Å². The van der Waals surface area contributed by atoms with E-state index in [0.717, 1.165) is 61.4 Å². The summed E-state index contributed by atoms with van der Waals surface area (Å²) in [7, 11) is 3.24. The molecule has 6 rings (SSSR count). The van der Waals surface area contributed by atoms with E-state index in [1.807, 2.05) is 43.3 Å². The fourth-order valence-electron chi connectivity index (χ4n) is 4.90. The van der Waals surface area contributed by atoms with E-state index in [2.05, 4.69) is 28.2 Å². The number of aryl methyl sites for hydroxylation is 1. The maximum absolute atomic E-state index is 11.7. The maximum atomic E-state index is 11.7. The van der Waals surface area contributed by atoms with Crippen LogP contribution in [0, 0.1) is 6.92 Å². The molecular weight excluding hydrogens is 458 g/mol. The Bertz CT molecular complexity index is 1560. The highest BCUT2D eigenvalue weighted by molar-refractivity contribution is 7.21. The Morgan fingerprint density at radius 3 is 2.49 bits per heavy atom. The van der Waals surface area contributed by atoms with Crippen molar-refractivity contribution in [2.45, 2.75) is 31.3 Å².